The Hall–Kier alpha value is -1.42. The van der Waals surface area contributed by atoms with Crippen LogP contribution < -0.4 is 0 Å². The number of aromatic amines is 1. The van der Waals surface area contributed by atoms with Gasteiger partial charge in [0.15, 0.2) is 0 Å². The number of carbonyl (C=O) groups is 1. The molecule has 2 aromatic rings. The summed E-state index contributed by atoms with van der Waals surface area (Å²) in [5.41, 5.74) is -0.153. The number of nitrogens with zero attached hydrogens (tertiary/aromatic N) is 2. The first-order valence-electron chi connectivity index (χ1n) is 5.72. The highest BCUT2D eigenvalue weighted by Gasteiger charge is 2.31. The Balaban J connectivity index is 2.35. The summed E-state index contributed by atoms with van der Waals surface area (Å²) in [7, 11) is -2.65. The molecule has 0 aliphatic rings. The Kier molecular flexibility index (Phi) is 4.38. The van der Waals surface area contributed by atoms with Crippen LogP contribution >= 0.6 is 22.9 Å². The summed E-state index contributed by atoms with van der Waals surface area (Å²) in [6.45, 7) is 1.54. The standard InChI is InChI=1S/C11H12ClN3O4S2/c1-6-9(11(16)17)10(14-13-6)21(18,19)15(2)5-7-3-4-8(12)20-7/h3-4H,5H2,1-2H3,(H,13,14)(H,16,17). The summed E-state index contributed by atoms with van der Waals surface area (Å²) in [6.07, 6.45) is 0. The Labute approximate surface area is 130 Å². The molecule has 0 aliphatic carbocycles. The summed E-state index contributed by atoms with van der Waals surface area (Å²) in [5.74, 6) is -1.34. The van der Waals surface area contributed by atoms with Crippen LogP contribution in [0.4, 0.5) is 0 Å². The number of carboxylic acids is 1. The summed E-state index contributed by atoms with van der Waals surface area (Å²) in [5, 5.41) is 14.6. The van der Waals surface area contributed by atoms with E-state index < -0.39 is 21.0 Å². The zero-order valence-electron chi connectivity index (χ0n) is 11.1. The minimum Gasteiger partial charge on any atom is -0.478 e. The van der Waals surface area contributed by atoms with Gasteiger partial charge in [-0.15, -0.1) is 11.3 Å². The van der Waals surface area contributed by atoms with Gasteiger partial charge in [0.05, 0.1) is 4.34 Å². The highest BCUT2D eigenvalue weighted by Crippen LogP contribution is 2.25. The van der Waals surface area contributed by atoms with Gasteiger partial charge in [-0.25, -0.2) is 13.2 Å². The molecular formula is C11H12ClN3O4S2. The monoisotopic (exact) mass is 349 g/mol. The van der Waals surface area contributed by atoms with Gasteiger partial charge in [-0.3, -0.25) is 5.10 Å². The van der Waals surface area contributed by atoms with Gasteiger partial charge in [0.2, 0.25) is 5.03 Å². The number of aromatic nitrogens is 2. The molecule has 7 nitrogen and oxygen atoms in total. The average Bonchev–Trinajstić information content (AvgIpc) is 2.95. The van der Waals surface area contributed by atoms with E-state index in [-0.39, 0.29) is 17.8 Å². The number of rotatable bonds is 5. The number of H-pyrrole nitrogens is 1. The van der Waals surface area contributed by atoms with Crippen molar-refractivity contribution < 1.29 is 18.3 Å². The van der Waals surface area contributed by atoms with Crippen molar-refractivity contribution in [2.75, 3.05) is 7.05 Å². The van der Waals surface area contributed by atoms with Crippen molar-refractivity contribution in [1.29, 1.82) is 0 Å². The number of carboxylic acid groups (broad SMARTS) is 1. The minimum absolute atomic E-state index is 0.0880. The minimum atomic E-state index is -4.01. The number of sulfonamides is 1. The number of aromatic carboxylic acids is 1. The molecule has 0 bridgehead atoms. The molecule has 2 aromatic heterocycles. The second-order valence-electron chi connectivity index (χ2n) is 4.30. The summed E-state index contributed by atoms with van der Waals surface area (Å²) < 4.78 is 26.5. The van der Waals surface area contributed by atoms with Crippen LogP contribution in [0.2, 0.25) is 4.34 Å². The van der Waals surface area contributed by atoms with Crippen molar-refractivity contribution in [1.82, 2.24) is 14.5 Å². The van der Waals surface area contributed by atoms with Crippen LogP contribution in [0, 0.1) is 6.92 Å². The maximum Gasteiger partial charge on any atom is 0.340 e. The largest absolute Gasteiger partial charge is 0.478 e. The van der Waals surface area contributed by atoms with Crippen molar-refractivity contribution in [3.63, 3.8) is 0 Å². The number of thiophene rings is 1. The van der Waals surface area contributed by atoms with Crippen molar-refractivity contribution in [2.45, 2.75) is 18.5 Å². The molecule has 0 aromatic carbocycles. The molecule has 0 atom stereocenters. The van der Waals surface area contributed by atoms with Gasteiger partial charge >= 0.3 is 5.97 Å². The molecule has 0 saturated carbocycles. The zero-order chi connectivity index (χ0) is 15.8. The number of aryl methyl sites for hydroxylation is 1. The Morgan fingerprint density at radius 1 is 1.52 bits per heavy atom. The summed E-state index contributed by atoms with van der Waals surface area (Å²) in [6, 6.07) is 3.39. The SMILES string of the molecule is Cc1[nH]nc(S(=O)(=O)N(C)Cc2ccc(Cl)s2)c1C(=O)O. The van der Waals surface area contributed by atoms with E-state index in [9.17, 15) is 13.2 Å². The number of hydrogen-bond acceptors (Lipinski definition) is 5. The molecule has 0 fully saturated rings. The van der Waals surface area contributed by atoms with E-state index in [1.54, 1.807) is 12.1 Å². The smallest absolute Gasteiger partial charge is 0.340 e. The number of halogens is 1. The molecule has 0 unspecified atom stereocenters. The molecule has 0 amide bonds. The van der Waals surface area contributed by atoms with Gasteiger partial charge < -0.3 is 5.11 Å². The molecule has 0 saturated heterocycles. The van der Waals surface area contributed by atoms with Crippen LogP contribution in [-0.4, -0.2) is 41.0 Å². The van der Waals surface area contributed by atoms with Gasteiger partial charge in [-0.1, -0.05) is 11.6 Å². The molecule has 21 heavy (non-hydrogen) atoms. The second kappa shape index (κ2) is 5.76. The number of nitrogens with one attached hydrogen (secondary N) is 1. The molecule has 114 valence electrons. The lowest BCUT2D eigenvalue weighted by Gasteiger charge is -2.15. The first-order valence-corrected chi connectivity index (χ1v) is 8.35. The predicted octanol–water partition coefficient (Wildman–Crippen LogP) is 1.95. The fraction of sp³-hybridized carbons (Fsp3) is 0.273. The average molecular weight is 350 g/mol. The highest BCUT2D eigenvalue weighted by atomic mass is 35.5. The molecule has 0 aliphatic heterocycles. The van der Waals surface area contributed by atoms with E-state index in [1.807, 2.05) is 0 Å². The van der Waals surface area contributed by atoms with Crippen molar-refractivity contribution in [2.24, 2.45) is 0 Å². The first kappa shape index (κ1) is 16.0. The first-order chi connectivity index (χ1) is 9.73. The van der Waals surface area contributed by atoms with Gasteiger partial charge in [-0.2, -0.15) is 9.40 Å². The van der Waals surface area contributed by atoms with Crippen LogP contribution in [0.5, 0.6) is 0 Å². The van der Waals surface area contributed by atoms with Crippen LogP contribution in [0.1, 0.15) is 20.9 Å². The van der Waals surface area contributed by atoms with Gasteiger partial charge in [-0.05, 0) is 19.1 Å². The van der Waals surface area contributed by atoms with Crippen LogP contribution in [0.3, 0.4) is 0 Å². The van der Waals surface area contributed by atoms with Crippen molar-refractivity contribution in [3.8, 4) is 0 Å². The van der Waals surface area contributed by atoms with Crippen LogP contribution in [-0.2, 0) is 16.6 Å². The third kappa shape index (κ3) is 3.10. The van der Waals surface area contributed by atoms with Gasteiger partial charge in [0.25, 0.3) is 10.0 Å². The van der Waals surface area contributed by atoms with Gasteiger partial charge in [0, 0.05) is 24.2 Å². The maximum absolute atomic E-state index is 12.4. The fourth-order valence-electron chi connectivity index (χ4n) is 1.73. The van der Waals surface area contributed by atoms with E-state index >= 15 is 0 Å². The quantitative estimate of drug-likeness (QED) is 0.858. The van der Waals surface area contributed by atoms with E-state index in [4.69, 9.17) is 16.7 Å². The molecule has 2 rings (SSSR count). The lowest BCUT2D eigenvalue weighted by molar-refractivity contribution is 0.0691. The number of hydrogen-bond donors (Lipinski definition) is 2. The lowest BCUT2D eigenvalue weighted by atomic mass is 10.3. The summed E-state index contributed by atoms with van der Waals surface area (Å²) >= 11 is 7.06. The molecule has 0 radical (unpaired) electrons. The van der Waals surface area contributed by atoms with E-state index in [2.05, 4.69) is 10.2 Å². The highest BCUT2D eigenvalue weighted by molar-refractivity contribution is 7.89. The van der Waals surface area contributed by atoms with Crippen LogP contribution in [0.15, 0.2) is 17.2 Å². The predicted molar refractivity (Wildman–Crippen MR) is 78.3 cm³/mol. The summed E-state index contributed by atoms with van der Waals surface area (Å²) in [4.78, 5) is 11.9. The van der Waals surface area contributed by atoms with Crippen molar-refractivity contribution >= 4 is 38.9 Å². The lowest BCUT2D eigenvalue weighted by Crippen LogP contribution is -2.27. The molecule has 2 heterocycles. The molecule has 2 N–H and O–H groups in total. The Bertz CT molecular complexity index is 781. The molecular weight excluding hydrogens is 338 g/mol. The van der Waals surface area contributed by atoms with E-state index in [0.29, 0.717) is 4.34 Å². The van der Waals surface area contributed by atoms with Crippen molar-refractivity contribution in [3.05, 3.63) is 32.6 Å². The van der Waals surface area contributed by atoms with E-state index in [1.165, 1.54) is 25.3 Å². The second-order valence-corrected chi connectivity index (χ2v) is 8.06. The normalized spacial score (nSPS) is 12.0. The third-order valence-electron chi connectivity index (χ3n) is 2.79. The fourth-order valence-corrected chi connectivity index (χ4v) is 4.22. The third-order valence-corrected chi connectivity index (χ3v) is 5.74. The zero-order valence-corrected chi connectivity index (χ0v) is 13.5. The van der Waals surface area contributed by atoms with Crippen LogP contribution in [0.25, 0.3) is 0 Å². The Morgan fingerprint density at radius 3 is 2.71 bits per heavy atom. The Morgan fingerprint density at radius 2 is 2.19 bits per heavy atom. The topological polar surface area (TPSA) is 103 Å². The van der Waals surface area contributed by atoms with Gasteiger partial charge in [0.1, 0.15) is 5.56 Å². The molecule has 10 heteroatoms. The molecule has 0 spiro atoms. The van der Waals surface area contributed by atoms with E-state index in [0.717, 1.165) is 9.18 Å². The maximum atomic E-state index is 12.4.